The summed E-state index contributed by atoms with van der Waals surface area (Å²) in [6.07, 6.45) is -4.70. The monoisotopic (exact) mass is 590 g/mol. The highest BCUT2D eigenvalue weighted by Gasteiger charge is 2.32. The summed E-state index contributed by atoms with van der Waals surface area (Å²) < 4.78 is 46.3. The zero-order valence-corrected chi connectivity index (χ0v) is 22.5. The number of carboxylic acids is 1. The summed E-state index contributed by atoms with van der Waals surface area (Å²) >= 11 is 5.91. The van der Waals surface area contributed by atoms with Crippen molar-refractivity contribution in [2.24, 2.45) is 0 Å². The first kappa shape index (κ1) is 28.6. The smallest absolute Gasteiger partial charge is 0.416 e. The quantitative estimate of drug-likeness (QED) is 0.193. The van der Waals surface area contributed by atoms with Gasteiger partial charge in [0.15, 0.2) is 11.5 Å². The minimum atomic E-state index is -4.64. The van der Waals surface area contributed by atoms with Crippen molar-refractivity contribution in [2.75, 3.05) is 0 Å². The molecule has 1 amide bonds. The van der Waals surface area contributed by atoms with Gasteiger partial charge in [0.05, 0.1) is 5.56 Å². The maximum atomic E-state index is 13.5. The molecule has 0 aliphatic heterocycles. The number of carbonyl (C=O) groups excluding carboxylic acids is 1. The lowest BCUT2D eigenvalue weighted by atomic mass is 10.0. The minimum Gasteiger partial charge on any atom is -0.480 e. The highest BCUT2D eigenvalue weighted by Crippen LogP contribution is 2.35. The van der Waals surface area contributed by atoms with Crippen LogP contribution in [0.15, 0.2) is 108 Å². The number of aromatic nitrogens is 1. The normalized spacial score (nSPS) is 12.1. The van der Waals surface area contributed by atoms with Crippen LogP contribution in [0.3, 0.4) is 0 Å². The van der Waals surface area contributed by atoms with E-state index in [1.54, 1.807) is 36.4 Å². The Bertz CT molecular complexity index is 1720. The highest BCUT2D eigenvalue weighted by molar-refractivity contribution is 6.30. The van der Waals surface area contributed by atoms with Crippen molar-refractivity contribution in [1.82, 2.24) is 10.3 Å². The largest absolute Gasteiger partial charge is 0.480 e. The molecule has 5 aromatic rings. The summed E-state index contributed by atoms with van der Waals surface area (Å²) in [5.74, 6) is -2.47. The highest BCUT2D eigenvalue weighted by atomic mass is 35.5. The molecule has 0 aliphatic carbocycles. The predicted molar refractivity (Wildman–Crippen MR) is 152 cm³/mol. The number of benzene rings is 4. The van der Waals surface area contributed by atoms with Gasteiger partial charge in [-0.3, -0.25) is 4.79 Å². The fourth-order valence-corrected chi connectivity index (χ4v) is 4.47. The summed E-state index contributed by atoms with van der Waals surface area (Å²) in [6.45, 7) is 0. The van der Waals surface area contributed by atoms with Gasteiger partial charge in [-0.1, -0.05) is 78.3 Å². The maximum absolute atomic E-state index is 13.5. The number of hydrogen-bond acceptors (Lipinski definition) is 4. The van der Waals surface area contributed by atoms with E-state index >= 15 is 0 Å². The summed E-state index contributed by atoms with van der Waals surface area (Å²) in [4.78, 5) is 29.7. The van der Waals surface area contributed by atoms with E-state index in [0.717, 1.165) is 23.3 Å². The number of halogens is 4. The molecular formula is C32H22ClF3N2O4. The number of alkyl halides is 3. The second kappa shape index (κ2) is 11.9. The number of rotatable bonds is 8. The SMILES string of the molecule is O=C(NC(Cc1ccc(Cl)cc1)C(=O)O)c1nc(-c2ccc(-c3ccccc3)cc2)oc1-c1cccc(C(F)(F)F)c1. The Kier molecular flexibility index (Phi) is 8.13. The Morgan fingerprint density at radius 1 is 0.833 bits per heavy atom. The minimum absolute atomic E-state index is 0.0169. The van der Waals surface area contributed by atoms with Crippen LogP contribution in [0, 0.1) is 0 Å². The number of nitrogens with one attached hydrogen (secondary N) is 1. The van der Waals surface area contributed by atoms with Crippen LogP contribution in [-0.4, -0.2) is 28.0 Å². The van der Waals surface area contributed by atoms with Crippen LogP contribution in [0.5, 0.6) is 0 Å². The molecule has 5 rings (SSSR count). The molecule has 1 unspecified atom stereocenters. The zero-order chi connectivity index (χ0) is 29.9. The molecule has 0 fully saturated rings. The van der Waals surface area contributed by atoms with Crippen molar-refractivity contribution in [1.29, 1.82) is 0 Å². The molecule has 0 bridgehead atoms. The van der Waals surface area contributed by atoms with Gasteiger partial charge < -0.3 is 14.8 Å². The van der Waals surface area contributed by atoms with Crippen molar-refractivity contribution in [3.63, 3.8) is 0 Å². The summed E-state index contributed by atoms with van der Waals surface area (Å²) in [6, 6.07) is 26.1. The standard InChI is InChI=1S/C32H22ClF3N2O4/c33-25-15-9-19(10-16-25)17-26(31(40)41)37-29(39)27-28(23-7-4-8-24(18-23)32(34,35)36)42-30(38-27)22-13-11-21(12-14-22)20-5-2-1-3-6-20/h1-16,18,26H,17H2,(H,37,39)(H,40,41). The first-order valence-corrected chi connectivity index (χ1v) is 13.1. The molecule has 0 saturated carbocycles. The van der Waals surface area contributed by atoms with Crippen LogP contribution in [0.25, 0.3) is 33.9 Å². The molecule has 0 aliphatic rings. The van der Waals surface area contributed by atoms with Gasteiger partial charge in [-0.05, 0) is 53.1 Å². The Morgan fingerprint density at radius 2 is 1.45 bits per heavy atom. The number of hydrogen-bond donors (Lipinski definition) is 2. The van der Waals surface area contributed by atoms with Crippen molar-refractivity contribution < 1.29 is 32.3 Å². The topological polar surface area (TPSA) is 92.4 Å². The third-order valence-electron chi connectivity index (χ3n) is 6.49. The van der Waals surface area contributed by atoms with Gasteiger partial charge in [0.25, 0.3) is 5.91 Å². The second-order valence-corrected chi connectivity index (χ2v) is 9.85. The van der Waals surface area contributed by atoms with E-state index in [1.807, 2.05) is 42.5 Å². The average molecular weight is 591 g/mol. The van der Waals surface area contributed by atoms with Gasteiger partial charge in [0, 0.05) is 22.6 Å². The van der Waals surface area contributed by atoms with E-state index in [-0.39, 0.29) is 29.3 Å². The first-order valence-electron chi connectivity index (χ1n) is 12.7. The van der Waals surface area contributed by atoms with Gasteiger partial charge in [-0.15, -0.1) is 0 Å². The van der Waals surface area contributed by atoms with E-state index in [9.17, 15) is 27.9 Å². The van der Waals surface area contributed by atoms with Crippen molar-refractivity contribution in [3.05, 3.63) is 125 Å². The molecule has 1 aromatic heterocycles. The maximum Gasteiger partial charge on any atom is 0.416 e. The number of carboxylic acid groups (broad SMARTS) is 1. The molecule has 0 saturated heterocycles. The fourth-order valence-electron chi connectivity index (χ4n) is 4.35. The van der Waals surface area contributed by atoms with Crippen molar-refractivity contribution in [2.45, 2.75) is 18.6 Å². The Labute approximate surface area is 243 Å². The molecule has 10 heteroatoms. The molecule has 0 radical (unpaired) electrons. The predicted octanol–water partition coefficient (Wildman–Crippen LogP) is 7.77. The van der Waals surface area contributed by atoms with Crippen LogP contribution in [0.1, 0.15) is 21.6 Å². The van der Waals surface area contributed by atoms with Gasteiger partial charge in [0.1, 0.15) is 6.04 Å². The van der Waals surface area contributed by atoms with Crippen LogP contribution < -0.4 is 5.32 Å². The number of aliphatic carboxylic acids is 1. The van der Waals surface area contributed by atoms with Crippen LogP contribution in [-0.2, 0) is 17.4 Å². The number of carbonyl (C=O) groups is 2. The number of amides is 1. The third kappa shape index (κ3) is 6.53. The summed E-state index contributed by atoms with van der Waals surface area (Å²) in [7, 11) is 0. The van der Waals surface area contributed by atoms with Crippen LogP contribution in [0.2, 0.25) is 5.02 Å². The van der Waals surface area contributed by atoms with E-state index in [0.29, 0.717) is 16.1 Å². The number of nitrogens with zero attached hydrogens (tertiary/aromatic N) is 1. The zero-order valence-electron chi connectivity index (χ0n) is 21.7. The molecule has 4 aromatic carbocycles. The molecular weight excluding hydrogens is 569 g/mol. The Morgan fingerprint density at radius 3 is 2.10 bits per heavy atom. The van der Waals surface area contributed by atoms with Crippen LogP contribution >= 0.6 is 11.6 Å². The molecule has 6 nitrogen and oxygen atoms in total. The second-order valence-electron chi connectivity index (χ2n) is 9.41. The molecule has 1 heterocycles. The summed E-state index contributed by atoms with van der Waals surface area (Å²) in [5, 5.41) is 12.7. The van der Waals surface area contributed by atoms with Gasteiger partial charge in [0.2, 0.25) is 5.89 Å². The van der Waals surface area contributed by atoms with E-state index in [4.69, 9.17) is 16.0 Å². The molecule has 212 valence electrons. The van der Waals surface area contributed by atoms with Crippen molar-refractivity contribution >= 4 is 23.5 Å². The summed E-state index contributed by atoms with van der Waals surface area (Å²) in [5.41, 5.74) is 1.62. The average Bonchev–Trinajstić information content (AvgIpc) is 3.44. The van der Waals surface area contributed by atoms with Crippen molar-refractivity contribution in [3.8, 4) is 33.9 Å². The van der Waals surface area contributed by atoms with Gasteiger partial charge in [-0.25, -0.2) is 9.78 Å². The molecule has 2 N–H and O–H groups in total. The lowest BCUT2D eigenvalue weighted by molar-refractivity contribution is -0.139. The third-order valence-corrected chi connectivity index (χ3v) is 6.74. The molecule has 1 atom stereocenters. The van der Waals surface area contributed by atoms with E-state index < -0.39 is 29.7 Å². The number of oxazole rings is 1. The molecule has 42 heavy (non-hydrogen) atoms. The van der Waals surface area contributed by atoms with Crippen LogP contribution in [0.4, 0.5) is 13.2 Å². The van der Waals surface area contributed by atoms with Gasteiger partial charge in [-0.2, -0.15) is 13.2 Å². The molecule has 0 spiro atoms. The van der Waals surface area contributed by atoms with Gasteiger partial charge >= 0.3 is 12.1 Å². The fraction of sp³-hybridized carbons (Fsp3) is 0.0938. The lowest BCUT2D eigenvalue weighted by Crippen LogP contribution is -2.42. The Balaban J connectivity index is 1.51. The van der Waals surface area contributed by atoms with E-state index in [1.165, 1.54) is 12.1 Å². The Hall–Kier alpha value is -4.89. The lowest BCUT2D eigenvalue weighted by Gasteiger charge is -2.14. The first-order chi connectivity index (χ1) is 20.1. The van der Waals surface area contributed by atoms with E-state index in [2.05, 4.69) is 10.3 Å².